The first-order valence-electron chi connectivity index (χ1n) is 8.17. The van der Waals surface area contributed by atoms with Crippen LogP contribution in [0.15, 0.2) is 23.4 Å². The molecule has 0 aliphatic rings. The van der Waals surface area contributed by atoms with E-state index >= 15 is 0 Å². The predicted octanol–water partition coefficient (Wildman–Crippen LogP) is 4.28. The van der Waals surface area contributed by atoms with Crippen LogP contribution < -0.4 is 0 Å². The standard InChI is InChI=1S/C18H32O4Si/c1-8-9-10-11-12-15(23(5,6)7)13-14-18(2,16(19)21-3)17(20)22-4/h11-13H,8-10,14H2,1-7H3/b12-11+,15-13+. The highest BCUT2D eigenvalue weighted by Gasteiger charge is 2.43. The minimum Gasteiger partial charge on any atom is -0.468 e. The third-order valence-electron chi connectivity index (χ3n) is 3.89. The second-order valence-corrected chi connectivity index (χ2v) is 12.1. The van der Waals surface area contributed by atoms with Crippen LogP contribution in [-0.2, 0) is 19.1 Å². The second kappa shape index (κ2) is 9.70. The van der Waals surface area contributed by atoms with Gasteiger partial charge in [-0.1, -0.05) is 62.8 Å². The van der Waals surface area contributed by atoms with Crippen LogP contribution in [0.5, 0.6) is 0 Å². The predicted molar refractivity (Wildman–Crippen MR) is 96.9 cm³/mol. The Morgan fingerprint density at radius 2 is 1.61 bits per heavy atom. The van der Waals surface area contributed by atoms with Crippen LogP contribution in [-0.4, -0.2) is 34.2 Å². The molecule has 0 saturated heterocycles. The average Bonchev–Trinajstić information content (AvgIpc) is 2.50. The molecule has 0 aliphatic carbocycles. The van der Waals surface area contributed by atoms with Crippen LogP contribution in [0, 0.1) is 5.41 Å². The van der Waals surface area contributed by atoms with E-state index in [2.05, 4.69) is 38.7 Å². The van der Waals surface area contributed by atoms with E-state index in [1.54, 1.807) is 6.92 Å². The molecule has 0 heterocycles. The Labute approximate surface area is 141 Å². The smallest absolute Gasteiger partial charge is 0.323 e. The number of esters is 2. The monoisotopic (exact) mass is 340 g/mol. The Morgan fingerprint density at radius 3 is 2.00 bits per heavy atom. The summed E-state index contributed by atoms with van der Waals surface area (Å²) < 4.78 is 9.59. The first-order chi connectivity index (χ1) is 10.6. The lowest BCUT2D eigenvalue weighted by atomic mass is 9.86. The number of hydrogen-bond acceptors (Lipinski definition) is 4. The molecule has 0 saturated carbocycles. The summed E-state index contributed by atoms with van der Waals surface area (Å²) in [6.45, 7) is 10.5. The summed E-state index contributed by atoms with van der Waals surface area (Å²) in [6.07, 6.45) is 9.99. The minimum atomic E-state index is -1.57. The number of unbranched alkanes of at least 4 members (excludes halogenated alkanes) is 2. The van der Waals surface area contributed by atoms with E-state index in [0.29, 0.717) is 0 Å². The van der Waals surface area contributed by atoms with Gasteiger partial charge in [0.1, 0.15) is 0 Å². The molecular formula is C18H32O4Si. The molecule has 0 spiro atoms. The van der Waals surface area contributed by atoms with E-state index in [9.17, 15) is 9.59 Å². The molecule has 0 fully saturated rings. The Morgan fingerprint density at radius 1 is 1.09 bits per heavy atom. The Bertz CT molecular complexity index is 442. The zero-order valence-electron chi connectivity index (χ0n) is 15.7. The van der Waals surface area contributed by atoms with Gasteiger partial charge in [-0.05, 0) is 19.8 Å². The highest BCUT2D eigenvalue weighted by molar-refractivity contribution is 6.83. The van der Waals surface area contributed by atoms with Crippen LogP contribution >= 0.6 is 0 Å². The fraction of sp³-hybridized carbons (Fsp3) is 0.667. The highest BCUT2D eigenvalue weighted by Crippen LogP contribution is 2.28. The molecule has 0 aromatic heterocycles. The van der Waals surface area contributed by atoms with Crippen molar-refractivity contribution in [2.45, 2.75) is 59.2 Å². The molecule has 0 atom stereocenters. The van der Waals surface area contributed by atoms with Crippen molar-refractivity contribution >= 4 is 20.0 Å². The topological polar surface area (TPSA) is 52.6 Å². The van der Waals surface area contributed by atoms with Crippen molar-refractivity contribution in [3.05, 3.63) is 23.4 Å². The van der Waals surface area contributed by atoms with Gasteiger partial charge in [0.15, 0.2) is 5.41 Å². The van der Waals surface area contributed by atoms with Crippen molar-refractivity contribution in [3.8, 4) is 0 Å². The van der Waals surface area contributed by atoms with Crippen LogP contribution in [0.2, 0.25) is 19.6 Å². The Hall–Kier alpha value is -1.36. The molecular weight excluding hydrogens is 308 g/mol. The maximum Gasteiger partial charge on any atom is 0.323 e. The van der Waals surface area contributed by atoms with E-state index in [-0.39, 0.29) is 6.42 Å². The molecule has 0 rings (SSSR count). The van der Waals surface area contributed by atoms with Crippen LogP contribution in [0.25, 0.3) is 0 Å². The van der Waals surface area contributed by atoms with Crippen molar-refractivity contribution in [1.29, 1.82) is 0 Å². The zero-order valence-corrected chi connectivity index (χ0v) is 16.7. The summed E-state index contributed by atoms with van der Waals surface area (Å²) in [6, 6.07) is 0. The molecule has 0 radical (unpaired) electrons. The molecule has 0 aromatic carbocycles. The lowest BCUT2D eigenvalue weighted by Crippen LogP contribution is -2.38. The summed E-state index contributed by atoms with van der Waals surface area (Å²) in [4.78, 5) is 24.1. The number of ether oxygens (including phenoxy) is 2. The van der Waals surface area contributed by atoms with Gasteiger partial charge in [-0.15, -0.1) is 0 Å². The lowest BCUT2D eigenvalue weighted by molar-refractivity contribution is -0.167. The number of allylic oxidation sites excluding steroid dienone is 4. The molecule has 4 nitrogen and oxygen atoms in total. The maximum absolute atomic E-state index is 12.0. The molecule has 0 bridgehead atoms. The highest BCUT2D eigenvalue weighted by atomic mass is 28.3. The van der Waals surface area contributed by atoms with Crippen LogP contribution in [0.3, 0.4) is 0 Å². The Balaban J connectivity index is 5.42. The summed E-state index contributed by atoms with van der Waals surface area (Å²) in [5.41, 5.74) is -1.30. The SMILES string of the molecule is CCCC/C=C/C(=C\CC(C)(C(=O)OC)C(=O)OC)[Si](C)(C)C. The fourth-order valence-electron chi connectivity index (χ4n) is 2.17. The first kappa shape index (κ1) is 21.6. The van der Waals surface area contributed by atoms with Gasteiger partial charge in [-0.25, -0.2) is 0 Å². The van der Waals surface area contributed by atoms with E-state index in [1.807, 2.05) is 6.08 Å². The van der Waals surface area contributed by atoms with Crippen molar-refractivity contribution in [1.82, 2.24) is 0 Å². The second-order valence-electron chi connectivity index (χ2n) is 6.97. The summed E-state index contributed by atoms with van der Waals surface area (Å²) in [5, 5.41) is 1.23. The van der Waals surface area contributed by atoms with Crippen LogP contribution in [0.1, 0.15) is 39.5 Å². The lowest BCUT2D eigenvalue weighted by Gasteiger charge is -2.24. The molecule has 0 aromatic rings. The number of methoxy groups -OCH3 is 2. The molecule has 23 heavy (non-hydrogen) atoms. The van der Waals surface area contributed by atoms with E-state index in [0.717, 1.165) is 12.8 Å². The van der Waals surface area contributed by atoms with Gasteiger partial charge in [0.05, 0.1) is 22.3 Å². The first-order valence-corrected chi connectivity index (χ1v) is 11.7. The van der Waals surface area contributed by atoms with Crippen LogP contribution in [0.4, 0.5) is 0 Å². The van der Waals surface area contributed by atoms with E-state index < -0.39 is 25.4 Å². The maximum atomic E-state index is 12.0. The summed E-state index contributed by atoms with van der Waals surface area (Å²) in [7, 11) is 1.01. The zero-order chi connectivity index (χ0) is 18.1. The summed E-state index contributed by atoms with van der Waals surface area (Å²) in [5.74, 6) is -1.13. The van der Waals surface area contributed by atoms with Gasteiger partial charge in [0.2, 0.25) is 0 Å². The van der Waals surface area contributed by atoms with Gasteiger partial charge in [0.25, 0.3) is 0 Å². The number of hydrogen-bond donors (Lipinski definition) is 0. The summed E-state index contributed by atoms with van der Waals surface area (Å²) >= 11 is 0. The third-order valence-corrected chi connectivity index (χ3v) is 5.99. The minimum absolute atomic E-state index is 0.282. The van der Waals surface area contributed by atoms with E-state index in [4.69, 9.17) is 9.47 Å². The van der Waals surface area contributed by atoms with Crippen molar-refractivity contribution in [2.75, 3.05) is 14.2 Å². The third kappa shape index (κ3) is 6.73. The Kier molecular flexibility index (Phi) is 9.13. The quantitative estimate of drug-likeness (QED) is 0.207. The largest absolute Gasteiger partial charge is 0.468 e. The molecule has 0 N–H and O–H groups in total. The number of rotatable bonds is 9. The molecule has 132 valence electrons. The van der Waals surface area contributed by atoms with Gasteiger partial charge in [0, 0.05) is 0 Å². The van der Waals surface area contributed by atoms with Crippen molar-refractivity contribution in [2.24, 2.45) is 5.41 Å². The molecule has 5 heteroatoms. The fourth-order valence-corrected chi connectivity index (χ4v) is 3.50. The van der Waals surface area contributed by atoms with Gasteiger partial charge >= 0.3 is 11.9 Å². The molecule has 0 amide bonds. The van der Waals surface area contributed by atoms with Gasteiger partial charge < -0.3 is 9.47 Å². The number of carbonyl (C=O) groups excluding carboxylic acids is 2. The van der Waals surface area contributed by atoms with Gasteiger partial charge in [-0.2, -0.15) is 0 Å². The van der Waals surface area contributed by atoms with Crippen molar-refractivity contribution in [3.63, 3.8) is 0 Å². The van der Waals surface area contributed by atoms with Crippen molar-refractivity contribution < 1.29 is 19.1 Å². The average molecular weight is 341 g/mol. The molecule has 0 aliphatic heterocycles. The molecule has 0 unspecified atom stereocenters. The van der Waals surface area contributed by atoms with E-state index in [1.165, 1.54) is 25.8 Å². The van der Waals surface area contributed by atoms with Gasteiger partial charge in [-0.3, -0.25) is 9.59 Å². The number of carbonyl (C=O) groups is 2. The normalized spacial score (nSPS) is 13.3.